The van der Waals surface area contributed by atoms with E-state index in [1.54, 1.807) is 36.1 Å². The van der Waals surface area contributed by atoms with Crippen molar-refractivity contribution in [3.05, 3.63) is 29.8 Å². The van der Waals surface area contributed by atoms with Gasteiger partial charge in [0, 0.05) is 5.56 Å². The Kier molecular flexibility index (Phi) is 4.62. The van der Waals surface area contributed by atoms with E-state index in [-0.39, 0.29) is 11.3 Å². The van der Waals surface area contributed by atoms with Crippen molar-refractivity contribution in [2.24, 2.45) is 0 Å². The predicted molar refractivity (Wildman–Crippen MR) is 80.9 cm³/mol. The number of benzene rings is 1. The highest BCUT2D eigenvalue weighted by Gasteiger charge is 2.20. The van der Waals surface area contributed by atoms with Crippen LogP contribution in [-0.4, -0.2) is 38.9 Å². The Hall–Kier alpha value is -1.89. The zero-order valence-electron chi connectivity index (χ0n) is 12.5. The first-order chi connectivity index (χ1) is 9.91. The number of thioether (sulfide) groups is 1. The summed E-state index contributed by atoms with van der Waals surface area (Å²) in [5, 5.41) is 12.3. The molecule has 6 nitrogen and oxygen atoms in total. The molecule has 0 radical (unpaired) electrons. The van der Waals surface area contributed by atoms with Crippen molar-refractivity contribution < 1.29 is 9.53 Å². The topological polar surface area (TPSA) is 69.9 Å². The second-order valence-electron chi connectivity index (χ2n) is 5.48. The maximum Gasteiger partial charge on any atom is 0.210 e. The summed E-state index contributed by atoms with van der Waals surface area (Å²) in [4.78, 5) is 12.2. The van der Waals surface area contributed by atoms with E-state index in [2.05, 4.69) is 15.5 Å². The number of rotatable bonds is 5. The Bertz CT molecular complexity index is 617. The molecule has 2 rings (SSSR count). The number of aromatic nitrogens is 4. The van der Waals surface area contributed by atoms with Gasteiger partial charge in [-0.3, -0.25) is 4.79 Å². The number of tetrazole rings is 1. The zero-order valence-corrected chi connectivity index (χ0v) is 13.3. The van der Waals surface area contributed by atoms with E-state index in [0.29, 0.717) is 16.5 Å². The molecule has 0 saturated heterocycles. The number of carbonyl (C=O) groups is 1. The minimum absolute atomic E-state index is 0.0334. The first kappa shape index (κ1) is 15.5. The molecule has 0 bridgehead atoms. The van der Waals surface area contributed by atoms with Gasteiger partial charge in [-0.2, -0.15) is 0 Å². The van der Waals surface area contributed by atoms with Crippen LogP contribution in [0.2, 0.25) is 0 Å². The molecule has 0 fully saturated rings. The second kappa shape index (κ2) is 6.26. The predicted octanol–water partition coefficient (Wildman–Crippen LogP) is 2.41. The van der Waals surface area contributed by atoms with Gasteiger partial charge in [0.05, 0.1) is 18.4 Å². The third-order valence-corrected chi connectivity index (χ3v) is 3.74. The molecule has 1 aromatic heterocycles. The Morgan fingerprint density at radius 3 is 2.52 bits per heavy atom. The Morgan fingerprint density at radius 2 is 1.95 bits per heavy atom. The number of methoxy groups -OCH3 is 1. The first-order valence-corrected chi connectivity index (χ1v) is 7.49. The summed E-state index contributed by atoms with van der Waals surface area (Å²) >= 11 is 1.34. The molecular formula is C14H18N4O2S. The van der Waals surface area contributed by atoms with Crippen molar-refractivity contribution in [2.75, 3.05) is 12.9 Å². The Balaban J connectivity index is 2.02. The van der Waals surface area contributed by atoms with Crippen LogP contribution in [0.1, 0.15) is 31.1 Å². The minimum atomic E-state index is -0.213. The summed E-state index contributed by atoms with van der Waals surface area (Å²) in [6.45, 7) is 6.04. The molecule has 0 N–H and O–H groups in total. The molecule has 0 aliphatic rings. The summed E-state index contributed by atoms with van der Waals surface area (Å²) in [7, 11) is 1.60. The van der Waals surface area contributed by atoms with Crippen LogP contribution in [0, 0.1) is 0 Å². The number of nitrogens with zero attached hydrogens (tertiary/aromatic N) is 4. The van der Waals surface area contributed by atoms with Crippen LogP contribution < -0.4 is 4.74 Å². The fourth-order valence-electron chi connectivity index (χ4n) is 1.68. The number of carbonyl (C=O) groups excluding carboxylic acids is 1. The van der Waals surface area contributed by atoms with E-state index in [0.717, 1.165) is 5.75 Å². The van der Waals surface area contributed by atoms with Gasteiger partial charge in [0.15, 0.2) is 5.78 Å². The van der Waals surface area contributed by atoms with Crippen LogP contribution >= 0.6 is 11.8 Å². The average molecular weight is 306 g/mol. The molecule has 112 valence electrons. The molecule has 0 spiro atoms. The molecule has 2 aromatic rings. The van der Waals surface area contributed by atoms with Crippen LogP contribution in [0.15, 0.2) is 29.4 Å². The van der Waals surface area contributed by atoms with Gasteiger partial charge in [0.1, 0.15) is 5.75 Å². The van der Waals surface area contributed by atoms with E-state index in [4.69, 9.17) is 4.74 Å². The van der Waals surface area contributed by atoms with Crippen LogP contribution in [-0.2, 0) is 5.54 Å². The third-order valence-electron chi connectivity index (χ3n) is 2.82. The van der Waals surface area contributed by atoms with Crippen LogP contribution in [0.5, 0.6) is 5.75 Å². The molecular weight excluding hydrogens is 288 g/mol. The highest BCUT2D eigenvalue weighted by atomic mass is 32.2. The quantitative estimate of drug-likeness (QED) is 0.624. The fourth-order valence-corrected chi connectivity index (χ4v) is 2.63. The largest absolute Gasteiger partial charge is 0.497 e. The molecule has 0 amide bonds. The molecule has 1 aromatic carbocycles. The number of Topliss-reactive ketones (excluding diaryl/α,β-unsaturated/α-hetero) is 1. The lowest BCUT2D eigenvalue weighted by atomic mass is 10.1. The SMILES string of the molecule is COc1ccc(C(=O)CSc2nnnn2C(C)(C)C)cc1. The normalized spacial score (nSPS) is 11.4. The van der Waals surface area contributed by atoms with Gasteiger partial charge in [-0.1, -0.05) is 11.8 Å². The molecule has 0 atom stereocenters. The van der Waals surface area contributed by atoms with Gasteiger partial charge in [-0.15, -0.1) is 5.10 Å². The van der Waals surface area contributed by atoms with Gasteiger partial charge in [0.25, 0.3) is 0 Å². The van der Waals surface area contributed by atoms with E-state index in [9.17, 15) is 4.79 Å². The zero-order chi connectivity index (χ0) is 15.5. The van der Waals surface area contributed by atoms with Gasteiger partial charge < -0.3 is 4.74 Å². The molecule has 0 aliphatic heterocycles. The van der Waals surface area contributed by atoms with Gasteiger partial charge in [0.2, 0.25) is 5.16 Å². The van der Waals surface area contributed by atoms with E-state index < -0.39 is 0 Å². The third kappa shape index (κ3) is 3.81. The molecule has 0 unspecified atom stereocenters. The molecule has 0 aliphatic carbocycles. The lowest BCUT2D eigenvalue weighted by Gasteiger charge is -2.19. The van der Waals surface area contributed by atoms with Crippen molar-refractivity contribution >= 4 is 17.5 Å². The van der Waals surface area contributed by atoms with Gasteiger partial charge in [-0.25, -0.2) is 4.68 Å². The number of hydrogen-bond acceptors (Lipinski definition) is 6. The molecule has 0 saturated carbocycles. The van der Waals surface area contributed by atoms with Crippen molar-refractivity contribution in [2.45, 2.75) is 31.5 Å². The van der Waals surface area contributed by atoms with Crippen molar-refractivity contribution in [1.82, 2.24) is 20.2 Å². The lowest BCUT2D eigenvalue weighted by molar-refractivity contribution is 0.102. The maximum atomic E-state index is 12.2. The summed E-state index contributed by atoms with van der Waals surface area (Å²) in [5.74, 6) is 1.06. The van der Waals surface area contributed by atoms with Crippen molar-refractivity contribution in [3.8, 4) is 5.75 Å². The highest BCUT2D eigenvalue weighted by Crippen LogP contribution is 2.22. The average Bonchev–Trinajstić information content (AvgIpc) is 2.93. The van der Waals surface area contributed by atoms with Crippen molar-refractivity contribution in [3.63, 3.8) is 0 Å². The minimum Gasteiger partial charge on any atom is -0.497 e. The summed E-state index contributed by atoms with van der Waals surface area (Å²) < 4.78 is 6.80. The molecule has 7 heteroatoms. The second-order valence-corrected chi connectivity index (χ2v) is 6.43. The van der Waals surface area contributed by atoms with E-state index >= 15 is 0 Å². The Morgan fingerprint density at radius 1 is 1.29 bits per heavy atom. The van der Waals surface area contributed by atoms with Crippen LogP contribution in [0.25, 0.3) is 0 Å². The monoisotopic (exact) mass is 306 g/mol. The van der Waals surface area contributed by atoms with E-state index in [1.807, 2.05) is 20.8 Å². The van der Waals surface area contributed by atoms with E-state index in [1.165, 1.54) is 11.8 Å². The summed E-state index contributed by atoms with van der Waals surface area (Å²) in [6, 6.07) is 7.07. The maximum absolute atomic E-state index is 12.2. The Labute approximate surface area is 127 Å². The van der Waals surface area contributed by atoms with Gasteiger partial charge >= 0.3 is 0 Å². The summed E-state index contributed by atoms with van der Waals surface area (Å²) in [6.07, 6.45) is 0. The smallest absolute Gasteiger partial charge is 0.210 e. The number of ether oxygens (including phenoxy) is 1. The van der Waals surface area contributed by atoms with Crippen molar-refractivity contribution in [1.29, 1.82) is 0 Å². The standard InChI is InChI=1S/C14H18N4O2S/c1-14(2,3)18-13(15-16-17-18)21-9-12(19)10-5-7-11(20-4)8-6-10/h5-8H,9H2,1-4H3. The lowest BCUT2D eigenvalue weighted by Crippen LogP contribution is -2.24. The fraction of sp³-hybridized carbons (Fsp3) is 0.429. The molecule has 21 heavy (non-hydrogen) atoms. The highest BCUT2D eigenvalue weighted by molar-refractivity contribution is 7.99. The number of ketones is 1. The molecule has 1 heterocycles. The van der Waals surface area contributed by atoms with Gasteiger partial charge in [-0.05, 0) is 55.5 Å². The number of hydrogen-bond donors (Lipinski definition) is 0. The summed E-state index contributed by atoms with van der Waals surface area (Å²) in [5.41, 5.74) is 0.438. The van der Waals surface area contributed by atoms with Crippen LogP contribution in [0.3, 0.4) is 0 Å². The van der Waals surface area contributed by atoms with Crippen LogP contribution in [0.4, 0.5) is 0 Å². The first-order valence-electron chi connectivity index (χ1n) is 6.51.